The lowest BCUT2D eigenvalue weighted by atomic mass is 9.86. The zero-order valence-electron chi connectivity index (χ0n) is 17.2. The maximum atomic E-state index is 13.4. The number of amides is 3. The number of nitrogens with zero attached hydrogens (tertiary/aromatic N) is 2. The van der Waals surface area contributed by atoms with Crippen molar-refractivity contribution in [3.8, 4) is 5.75 Å². The zero-order valence-corrected chi connectivity index (χ0v) is 18.0. The van der Waals surface area contributed by atoms with Crippen LogP contribution in [0, 0.1) is 0 Å². The van der Waals surface area contributed by atoms with E-state index in [4.69, 9.17) is 16.3 Å². The predicted molar refractivity (Wildman–Crippen MR) is 120 cm³/mol. The molecule has 160 valence electrons. The minimum Gasteiger partial charge on any atom is -0.494 e. The van der Waals surface area contributed by atoms with E-state index in [1.54, 1.807) is 53.4 Å². The van der Waals surface area contributed by atoms with Gasteiger partial charge in [0, 0.05) is 10.7 Å². The fourth-order valence-electron chi connectivity index (χ4n) is 4.36. The van der Waals surface area contributed by atoms with Gasteiger partial charge in [-0.15, -0.1) is 0 Å². The Morgan fingerprint density at radius 3 is 2.06 bits per heavy atom. The van der Waals surface area contributed by atoms with Gasteiger partial charge in [0.2, 0.25) is 0 Å². The first-order valence-electron chi connectivity index (χ1n) is 10.3. The second kappa shape index (κ2) is 7.80. The summed E-state index contributed by atoms with van der Waals surface area (Å²) in [5, 5.41) is 0.491. The minimum absolute atomic E-state index is 0.317. The zero-order chi connectivity index (χ0) is 22.4. The average molecular weight is 447 g/mol. The predicted octanol–water partition coefficient (Wildman–Crippen LogP) is 4.49. The summed E-state index contributed by atoms with van der Waals surface area (Å²) in [5.74, 6) is -0.537. The highest BCUT2D eigenvalue weighted by Gasteiger charge is 2.57. The van der Waals surface area contributed by atoms with Crippen LogP contribution in [0.1, 0.15) is 39.2 Å². The van der Waals surface area contributed by atoms with E-state index >= 15 is 0 Å². The van der Waals surface area contributed by atoms with Crippen LogP contribution in [0.25, 0.3) is 0 Å². The Morgan fingerprint density at radius 1 is 0.812 bits per heavy atom. The van der Waals surface area contributed by atoms with Crippen LogP contribution >= 0.6 is 11.6 Å². The quantitative estimate of drug-likeness (QED) is 0.428. The van der Waals surface area contributed by atoms with Crippen LogP contribution in [-0.2, 0) is 4.79 Å². The fraction of sp³-hybridized carbons (Fsp3) is 0.160. The van der Waals surface area contributed by atoms with Gasteiger partial charge in [0.1, 0.15) is 11.8 Å². The smallest absolute Gasteiger partial charge is 0.262 e. The lowest BCUT2D eigenvalue weighted by Gasteiger charge is -2.49. The lowest BCUT2D eigenvalue weighted by molar-refractivity contribution is -0.130. The molecular formula is C25H19ClN2O4. The molecule has 1 saturated heterocycles. The van der Waals surface area contributed by atoms with Crippen molar-refractivity contribution in [1.29, 1.82) is 0 Å². The topological polar surface area (TPSA) is 66.9 Å². The highest BCUT2D eigenvalue weighted by Crippen LogP contribution is 2.44. The molecule has 3 aromatic rings. The Balaban J connectivity index is 1.57. The third-order valence-corrected chi connectivity index (χ3v) is 6.03. The molecule has 2 heterocycles. The van der Waals surface area contributed by atoms with Crippen molar-refractivity contribution in [3.63, 3.8) is 0 Å². The van der Waals surface area contributed by atoms with E-state index in [0.717, 1.165) is 10.5 Å². The Kier molecular flexibility index (Phi) is 4.94. The molecular weight excluding hydrogens is 428 g/mol. The Bertz CT molecular complexity index is 1210. The molecule has 0 spiro atoms. The van der Waals surface area contributed by atoms with Crippen molar-refractivity contribution in [2.45, 2.75) is 19.0 Å². The van der Waals surface area contributed by atoms with Crippen molar-refractivity contribution < 1.29 is 19.1 Å². The van der Waals surface area contributed by atoms with Crippen LogP contribution in [0.3, 0.4) is 0 Å². The summed E-state index contributed by atoms with van der Waals surface area (Å²) in [6.07, 6.45) is 0. The molecule has 3 aromatic carbocycles. The number of rotatable bonds is 5. The van der Waals surface area contributed by atoms with Gasteiger partial charge in [0.05, 0.1) is 23.8 Å². The molecule has 3 amide bonds. The maximum Gasteiger partial charge on any atom is 0.262 e. The summed E-state index contributed by atoms with van der Waals surface area (Å²) < 4.78 is 5.53. The van der Waals surface area contributed by atoms with Crippen LogP contribution < -0.4 is 9.64 Å². The molecule has 7 heteroatoms. The molecule has 0 radical (unpaired) electrons. The molecule has 0 N–H and O–H groups in total. The second-order valence-electron chi connectivity index (χ2n) is 7.61. The van der Waals surface area contributed by atoms with Crippen LogP contribution in [0.2, 0.25) is 5.02 Å². The van der Waals surface area contributed by atoms with Gasteiger partial charge in [-0.05, 0) is 55.0 Å². The summed E-state index contributed by atoms with van der Waals surface area (Å²) in [6.45, 7) is 2.44. The summed E-state index contributed by atoms with van der Waals surface area (Å²) in [4.78, 5) is 42.2. The number of anilines is 1. The van der Waals surface area contributed by atoms with Crippen LogP contribution in [0.4, 0.5) is 5.69 Å². The number of carbonyl (C=O) groups excluding carboxylic acids is 3. The second-order valence-corrected chi connectivity index (χ2v) is 8.04. The van der Waals surface area contributed by atoms with Gasteiger partial charge in [-0.2, -0.15) is 0 Å². The normalized spacial score (nSPS) is 19.8. The number of imide groups is 1. The molecule has 32 heavy (non-hydrogen) atoms. The van der Waals surface area contributed by atoms with E-state index in [0.29, 0.717) is 34.2 Å². The van der Waals surface area contributed by atoms with Gasteiger partial charge in [0.25, 0.3) is 17.7 Å². The van der Waals surface area contributed by atoms with Gasteiger partial charge in [-0.1, -0.05) is 41.9 Å². The molecule has 0 aromatic heterocycles. The number of hydrogen-bond donors (Lipinski definition) is 0. The van der Waals surface area contributed by atoms with Gasteiger partial charge in [0.15, 0.2) is 0 Å². The van der Waals surface area contributed by atoms with E-state index in [1.807, 2.05) is 31.2 Å². The Morgan fingerprint density at radius 2 is 1.47 bits per heavy atom. The van der Waals surface area contributed by atoms with Gasteiger partial charge in [-0.3, -0.25) is 19.3 Å². The summed E-state index contributed by atoms with van der Waals surface area (Å²) in [5.41, 5.74) is 2.03. The van der Waals surface area contributed by atoms with Crippen LogP contribution in [0.5, 0.6) is 5.75 Å². The van der Waals surface area contributed by atoms with Gasteiger partial charge in [-0.25, -0.2) is 0 Å². The maximum absolute atomic E-state index is 13.4. The molecule has 1 fully saturated rings. The molecule has 2 aliphatic heterocycles. The largest absolute Gasteiger partial charge is 0.494 e. The SMILES string of the molecule is CCOc1ccc([C@H]2[C@H](N3C(=O)c4ccccc4C3=O)C(=O)N2c2cccc(Cl)c2)cc1. The summed E-state index contributed by atoms with van der Waals surface area (Å²) >= 11 is 6.16. The summed E-state index contributed by atoms with van der Waals surface area (Å²) in [6, 6.07) is 19.4. The van der Waals surface area contributed by atoms with Crippen LogP contribution in [0.15, 0.2) is 72.8 Å². The van der Waals surface area contributed by atoms with E-state index in [1.165, 1.54) is 0 Å². The molecule has 0 unspecified atom stereocenters. The molecule has 6 nitrogen and oxygen atoms in total. The van der Waals surface area contributed by atoms with E-state index in [-0.39, 0.29) is 5.91 Å². The van der Waals surface area contributed by atoms with Crippen molar-refractivity contribution in [2.24, 2.45) is 0 Å². The number of β-lactam (4-membered cyclic amide) rings is 1. The van der Waals surface area contributed by atoms with E-state index in [2.05, 4.69) is 0 Å². The third kappa shape index (κ3) is 3.07. The highest BCUT2D eigenvalue weighted by molar-refractivity contribution is 6.31. The van der Waals surface area contributed by atoms with Gasteiger partial charge >= 0.3 is 0 Å². The first-order chi connectivity index (χ1) is 15.5. The lowest BCUT2D eigenvalue weighted by Crippen LogP contribution is -2.67. The molecule has 2 aliphatic rings. The number of ether oxygens (including phenoxy) is 1. The average Bonchev–Trinajstić information content (AvgIpc) is 3.04. The number of carbonyl (C=O) groups is 3. The van der Waals surface area contributed by atoms with Crippen LogP contribution in [-0.4, -0.2) is 35.3 Å². The van der Waals surface area contributed by atoms with Gasteiger partial charge < -0.3 is 9.64 Å². The molecule has 2 atom stereocenters. The fourth-order valence-corrected chi connectivity index (χ4v) is 4.54. The monoisotopic (exact) mass is 446 g/mol. The van der Waals surface area contributed by atoms with E-state index in [9.17, 15) is 14.4 Å². The minimum atomic E-state index is -0.945. The van der Waals surface area contributed by atoms with Crippen molar-refractivity contribution in [3.05, 3.63) is 94.5 Å². The number of fused-ring (bicyclic) bond motifs is 1. The van der Waals surface area contributed by atoms with Crippen molar-refractivity contribution in [1.82, 2.24) is 4.90 Å². The standard InChI is InChI=1S/C25H19ClN2O4/c1-2-32-18-12-10-15(11-13-18)21-22(25(31)27(21)17-7-5-6-16(26)14-17)28-23(29)19-8-3-4-9-20(19)24(28)30/h3-14,21-22H,2H2,1H3/t21-,22-/m0/s1. The summed E-state index contributed by atoms with van der Waals surface area (Å²) in [7, 11) is 0. The first-order valence-corrected chi connectivity index (χ1v) is 10.7. The van der Waals surface area contributed by atoms with Crippen molar-refractivity contribution >= 4 is 35.0 Å². The van der Waals surface area contributed by atoms with Crippen molar-refractivity contribution in [2.75, 3.05) is 11.5 Å². The molecule has 0 aliphatic carbocycles. The third-order valence-electron chi connectivity index (χ3n) is 5.79. The number of halogens is 1. The Labute approximate surface area is 190 Å². The molecule has 0 saturated carbocycles. The highest BCUT2D eigenvalue weighted by atomic mass is 35.5. The number of hydrogen-bond acceptors (Lipinski definition) is 4. The number of benzene rings is 3. The molecule has 5 rings (SSSR count). The first kappa shape index (κ1) is 20.3. The molecule has 0 bridgehead atoms. The van der Waals surface area contributed by atoms with E-state index < -0.39 is 23.9 Å². The Hall–Kier alpha value is -3.64.